The molecule has 2 N–H and O–H groups in total. The highest BCUT2D eigenvalue weighted by molar-refractivity contribution is 6.36. The van der Waals surface area contributed by atoms with E-state index in [4.69, 9.17) is 38.4 Å². The van der Waals surface area contributed by atoms with E-state index in [9.17, 15) is 4.79 Å². The first kappa shape index (κ1) is 34.0. The summed E-state index contributed by atoms with van der Waals surface area (Å²) in [6, 6.07) is 13.1. The SMILES string of the molecule is CN1CCC[C@H]1COc1nc(N)c2c(n1)CN(c1cccc3cccc(Cl)c13)CC2.[C-]#[N+]C[C@@H](C)N(CC)C(=O)/C=C/COC. The second kappa shape index (κ2) is 16.4. The van der Waals surface area contributed by atoms with Crippen LogP contribution in [0.15, 0.2) is 48.6 Å². The first-order chi connectivity index (χ1) is 21.8. The number of hydrogen-bond donors (Lipinski definition) is 1. The molecular weight excluding hydrogens is 590 g/mol. The molecule has 2 aliphatic heterocycles. The van der Waals surface area contributed by atoms with Crippen molar-refractivity contribution in [1.82, 2.24) is 19.8 Å². The Labute approximate surface area is 271 Å². The second-order valence-corrected chi connectivity index (χ2v) is 11.8. The molecule has 1 fully saturated rings. The van der Waals surface area contributed by atoms with Crippen LogP contribution < -0.4 is 15.4 Å². The normalized spacial score (nSPS) is 17.0. The molecular formula is C34H44ClN7O3. The van der Waals surface area contributed by atoms with Crippen molar-refractivity contribution in [2.75, 3.05) is 64.2 Å². The van der Waals surface area contributed by atoms with Crippen LogP contribution in [0.4, 0.5) is 11.5 Å². The number of anilines is 2. The number of amides is 1. The van der Waals surface area contributed by atoms with Gasteiger partial charge in [-0.25, -0.2) is 6.57 Å². The third kappa shape index (κ3) is 8.63. The van der Waals surface area contributed by atoms with Crippen molar-refractivity contribution in [2.24, 2.45) is 0 Å². The number of nitrogen functional groups attached to an aromatic ring is 1. The summed E-state index contributed by atoms with van der Waals surface area (Å²) in [6.07, 6.45) is 6.32. The Bertz CT molecular complexity index is 1520. The number of hydrogen-bond acceptors (Lipinski definition) is 8. The Kier molecular flexibility index (Phi) is 12.4. The Morgan fingerprint density at radius 2 is 2.04 bits per heavy atom. The average molecular weight is 634 g/mol. The monoisotopic (exact) mass is 633 g/mol. The molecule has 2 aliphatic rings. The number of nitrogens with zero attached hydrogens (tertiary/aromatic N) is 6. The first-order valence-corrected chi connectivity index (χ1v) is 15.8. The molecule has 2 atom stereocenters. The van der Waals surface area contributed by atoms with E-state index in [1.165, 1.54) is 12.5 Å². The van der Waals surface area contributed by atoms with Gasteiger partial charge in [-0.2, -0.15) is 9.97 Å². The highest BCUT2D eigenvalue weighted by Crippen LogP contribution is 2.36. The molecule has 1 aromatic heterocycles. The molecule has 2 aromatic carbocycles. The zero-order chi connectivity index (χ0) is 32.3. The number of ether oxygens (including phenoxy) is 2. The number of rotatable bonds is 10. The lowest BCUT2D eigenvalue weighted by atomic mass is 10.0. The van der Waals surface area contributed by atoms with E-state index in [1.54, 1.807) is 18.1 Å². The molecule has 0 saturated carbocycles. The quantitative estimate of drug-likeness (QED) is 0.239. The largest absolute Gasteiger partial charge is 0.462 e. The van der Waals surface area contributed by atoms with E-state index >= 15 is 0 Å². The highest BCUT2D eigenvalue weighted by atomic mass is 35.5. The molecule has 1 saturated heterocycles. The number of fused-ring (bicyclic) bond motifs is 2. The average Bonchev–Trinajstić information content (AvgIpc) is 3.45. The van der Waals surface area contributed by atoms with Crippen LogP contribution in [0.2, 0.25) is 5.02 Å². The van der Waals surface area contributed by atoms with E-state index in [1.807, 2.05) is 26.0 Å². The van der Waals surface area contributed by atoms with Crippen molar-refractivity contribution in [3.8, 4) is 6.01 Å². The number of likely N-dealkylation sites (N-methyl/N-ethyl adjacent to an activating group) is 2. The standard InChI is InChI=1S/C23H26ClN5O.C11H18N2O2/c1-28-11-4-7-16(28)14-30-23-26-19-13-29(12-10-17(19)22(25)27-23)20-9-3-6-15-5-2-8-18(24)21(15)20;1-5-13(10(2)9-12-3)11(14)7-6-8-15-4/h2-3,5-6,8-9,16H,4,7,10-14H2,1H3,(H2,25,26,27);6-7,10H,5,8-9H2,1-2,4H3/b;7-6+/t16-;10-/m01/s1. The summed E-state index contributed by atoms with van der Waals surface area (Å²) in [4.78, 5) is 30.4. The number of methoxy groups -OCH3 is 1. The number of halogens is 1. The van der Waals surface area contributed by atoms with Gasteiger partial charge in [-0.3, -0.25) is 4.79 Å². The van der Waals surface area contributed by atoms with Gasteiger partial charge in [0, 0.05) is 49.0 Å². The lowest BCUT2D eigenvalue weighted by molar-refractivity contribution is -0.127. The molecule has 0 unspecified atom stereocenters. The summed E-state index contributed by atoms with van der Waals surface area (Å²) in [7, 11) is 3.71. The zero-order valence-electron chi connectivity index (χ0n) is 26.7. The maximum Gasteiger partial charge on any atom is 0.318 e. The summed E-state index contributed by atoms with van der Waals surface area (Å²) in [5, 5.41) is 2.98. The Morgan fingerprint density at radius 3 is 2.73 bits per heavy atom. The van der Waals surface area contributed by atoms with Gasteiger partial charge in [0.2, 0.25) is 12.5 Å². The number of nitrogens with two attached hydrogens (primary N) is 1. The molecule has 5 rings (SSSR count). The molecule has 0 spiro atoms. The van der Waals surface area contributed by atoms with Crippen molar-refractivity contribution in [3.05, 3.63) is 76.2 Å². The van der Waals surface area contributed by atoms with Gasteiger partial charge in [-0.05, 0) is 64.2 Å². The minimum atomic E-state index is -0.0642. The van der Waals surface area contributed by atoms with Crippen molar-refractivity contribution >= 4 is 39.8 Å². The van der Waals surface area contributed by atoms with Gasteiger partial charge in [0.25, 0.3) is 0 Å². The highest BCUT2D eigenvalue weighted by Gasteiger charge is 2.25. The van der Waals surface area contributed by atoms with Gasteiger partial charge >= 0.3 is 6.01 Å². The topological polar surface area (TPSA) is 101 Å². The maximum absolute atomic E-state index is 11.6. The molecule has 3 heterocycles. The summed E-state index contributed by atoms with van der Waals surface area (Å²) in [5.41, 5.74) is 9.36. The molecule has 0 aliphatic carbocycles. The van der Waals surface area contributed by atoms with Crippen LogP contribution in [-0.2, 0) is 22.5 Å². The van der Waals surface area contributed by atoms with E-state index < -0.39 is 0 Å². The maximum atomic E-state index is 11.6. The zero-order valence-corrected chi connectivity index (χ0v) is 27.5. The smallest absolute Gasteiger partial charge is 0.318 e. The van der Waals surface area contributed by atoms with E-state index in [2.05, 4.69) is 50.9 Å². The third-order valence-electron chi connectivity index (χ3n) is 8.36. The third-order valence-corrected chi connectivity index (χ3v) is 8.68. The molecule has 1 amide bonds. The molecule has 10 nitrogen and oxygen atoms in total. The Hall–Kier alpha value is -3.91. The van der Waals surface area contributed by atoms with E-state index in [-0.39, 0.29) is 11.9 Å². The number of carbonyl (C=O) groups excluding carboxylic acids is 1. The summed E-state index contributed by atoms with van der Waals surface area (Å²) in [5.74, 6) is 0.469. The molecule has 0 radical (unpaired) electrons. The van der Waals surface area contributed by atoms with Crippen molar-refractivity contribution in [1.29, 1.82) is 0 Å². The Morgan fingerprint density at radius 1 is 1.27 bits per heavy atom. The van der Waals surface area contributed by atoms with Crippen LogP contribution in [0.3, 0.4) is 0 Å². The first-order valence-electron chi connectivity index (χ1n) is 15.5. The van der Waals surface area contributed by atoms with Crippen LogP contribution in [-0.4, -0.2) is 91.3 Å². The van der Waals surface area contributed by atoms with E-state index in [0.29, 0.717) is 50.7 Å². The summed E-state index contributed by atoms with van der Waals surface area (Å²) < 4.78 is 10.8. The fraction of sp³-hybridized carbons (Fsp3) is 0.471. The van der Waals surface area contributed by atoms with Crippen molar-refractivity contribution < 1.29 is 14.3 Å². The van der Waals surface area contributed by atoms with Gasteiger partial charge in [0.05, 0.1) is 23.9 Å². The van der Waals surface area contributed by atoms with Gasteiger partial charge < -0.3 is 34.8 Å². The molecule has 0 bridgehead atoms. The number of aromatic nitrogens is 2. The molecule has 240 valence electrons. The van der Waals surface area contributed by atoms with Crippen LogP contribution >= 0.6 is 11.6 Å². The number of carbonyl (C=O) groups is 1. The van der Waals surface area contributed by atoms with Crippen LogP contribution in [0.1, 0.15) is 37.9 Å². The predicted octanol–water partition coefficient (Wildman–Crippen LogP) is 5.25. The molecule has 3 aromatic rings. The van der Waals surface area contributed by atoms with Crippen LogP contribution in [0.25, 0.3) is 15.6 Å². The van der Waals surface area contributed by atoms with Gasteiger partial charge in [-0.15, -0.1) is 0 Å². The van der Waals surface area contributed by atoms with Gasteiger partial charge in [-0.1, -0.05) is 41.9 Å². The predicted molar refractivity (Wildman–Crippen MR) is 181 cm³/mol. The lowest BCUT2D eigenvalue weighted by Crippen LogP contribution is -2.38. The van der Waals surface area contributed by atoms with Crippen LogP contribution in [0, 0.1) is 6.57 Å². The van der Waals surface area contributed by atoms with E-state index in [0.717, 1.165) is 58.7 Å². The number of likely N-dealkylation sites (tertiary alicyclic amines) is 1. The summed E-state index contributed by atoms with van der Waals surface area (Å²) in [6.45, 7) is 15.2. The van der Waals surface area contributed by atoms with Crippen molar-refractivity contribution in [3.63, 3.8) is 0 Å². The van der Waals surface area contributed by atoms with Crippen LogP contribution in [0.5, 0.6) is 6.01 Å². The second-order valence-electron chi connectivity index (χ2n) is 11.4. The van der Waals surface area contributed by atoms with Crippen molar-refractivity contribution in [2.45, 2.75) is 51.7 Å². The van der Waals surface area contributed by atoms with Gasteiger partial charge in [0.15, 0.2) is 0 Å². The minimum Gasteiger partial charge on any atom is -0.462 e. The lowest BCUT2D eigenvalue weighted by Gasteiger charge is -2.31. The fourth-order valence-corrected chi connectivity index (χ4v) is 6.14. The minimum absolute atomic E-state index is 0.0350. The molecule has 11 heteroatoms. The number of benzene rings is 2. The fourth-order valence-electron chi connectivity index (χ4n) is 5.86. The molecule has 45 heavy (non-hydrogen) atoms. The summed E-state index contributed by atoms with van der Waals surface area (Å²) >= 11 is 6.55. The van der Waals surface area contributed by atoms with Gasteiger partial charge in [0.1, 0.15) is 18.5 Å². The Balaban J connectivity index is 0.000000262.